The van der Waals surface area contributed by atoms with Gasteiger partial charge in [0.1, 0.15) is 18.1 Å². The van der Waals surface area contributed by atoms with E-state index in [9.17, 15) is 4.79 Å². The van der Waals surface area contributed by atoms with E-state index in [4.69, 9.17) is 9.26 Å². The zero-order valence-electron chi connectivity index (χ0n) is 16.0. The van der Waals surface area contributed by atoms with Gasteiger partial charge in [0.05, 0.1) is 17.7 Å². The second kappa shape index (κ2) is 7.72. The zero-order valence-corrected chi connectivity index (χ0v) is 16.0. The molecule has 0 saturated carbocycles. The Hall–Kier alpha value is -2.34. The second-order valence-electron chi connectivity index (χ2n) is 7.68. The van der Waals surface area contributed by atoms with Crippen LogP contribution in [-0.2, 0) is 17.8 Å². The van der Waals surface area contributed by atoms with Gasteiger partial charge in [-0.1, -0.05) is 17.3 Å². The summed E-state index contributed by atoms with van der Waals surface area (Å²) in [6.45, 7) is 5.94. The molecular weight excluding hydrogens is 342 g/mol. The van der Waals surface area contributed by atoms with E-state index in [0.29, 0.717) is 25.1 Å². The van der Waals surface area contributed by atoms with Crippen LogP contribution in [-0.4, -0.2) is 41.1 Å². The van der Waals surface area contributed by atoms with Crippen LogP contribution in [0.5, 0.6) is 5.75 Å². The molecule has 0 radical (unpaired) electrons. The van der Waals surface area contributed by atoms with Crippen LogP contribution in [0, 0.1) is 13.8 Å². The molecule has 2 bridgehead atoms. The molecule has 6 heteroatoms. The standard InChI is InChI=1S/C21H27N3O3/c1-14-20(15(2)27-23-14)13-26-19-7-3-16(4-8-19)11-21(25)24-10-9-17-5-6-18(12-24)22-17/h3-4,7-8,17-18,22H,5-6,9-13H2,1-2H3. The third-order valence-electron chi connectivity index (χ3n) is 5.72. The van der Waals surface area contributed by atoms with Crippen LogP contribution in [0.3, 0.4) is 0 Å². The molecule has 1 aromatic carbocycles. The van der Waals surface area contributed by atoms with Crippen molar-refractivity contribution in [2.45, 2.75) is 58.2 Å². The number of nitrogens with zero attached hydrogens (tertiary/aromatic N) is 2. The molecule has 2 aromatic rings. The number of ether oxygens (including phenoxy) is 1. The number of likely N-dealkylation sites (tertiary alicyclic amines) is 1. The predicted octanol–water partition coefficient (Wildman–Crippen LogP) is 2.77. The second-order valence-corrected chi connectivity index (χ2v) is 7.68. The Bertz CT molecular complexity index is 780. The van der Waals surface area contributed by atoms with Crippen LogP contribution in [0.25, 0.3) is 0 Å². The maximum atomic E-state index is 12.7. The lowest BCUT2D eigenvalue weighted by Crippen LogP contribution is -2.39. The van der Waals surface area contributed by atoms with Crippen LogP contribution in [0.15, 0.2) is 28.8 Å². The van der Waals surface area contributed by atoms with Crippen molar-refractivity contribution in [2.75, 3.05) is 13.1 Å². The fourth-order valence-electron chi connectivity index (χ4n) is 4.02. The van der Waals surface area contributed by atoms with Crippen molar-refractivity contribution in [3.05, 3.63) is 46.8 Å². The number of benzene rings is 1. The maximum absolute atomic E-state index is 12.7. The fourth-order valence-corrected chi connectivity index (χ4v) is 4.02. The van der Waals surface area contributed by atoms with E-state index in [2.05, 4.69) is 10.5 Å². The number of nitrogens with one attached hydrogen (secondary N) is 1. The van der Waals surface area contributed by atoms with Crippen LogP contribution in [0.1, 0.15) is 41.8 Å². The first-order valence-electron chi connectivity index (χ1n) is 9.76. The SMILES string of the molecule is Cc1noc(C)c1COc1ccc(CC(=O)N2CCC3CCC(C2)N3)cc1. The number of rotatable bonds is 5. The molecule has 3 heterocycles. The summed E-state index contributed by atoms with van der Waals surface area (Å²) in [5.74, 6) is 1.78. The fraction of sp³-hybridized carbons (Fsp3) is 0.524. The first-order chi connectivity index (χ1) is 13.1. The Morgan fingerprint density at radius 3 is 2.74 bits per heavy atom. The van der Waals surface area contributed by atoms with Gasteiger partial charge in [0, 0.05) is 25.2 Å². The highest BCUT2D eigenvalue weighted by Crippen LogP contribution is 2.22. The Labute approximate surface area is 159 Å². The van der Waals surface area contributed by atoms with E-state index in [0.717, 1.165) is 47.8 Å². The lowest BCUT2D eigenvalue weighted by Gasteiger charge is -2.24. The molecule has 2 saturated heterocycles. The Morgan fingerprint density at radius 2 is 2.00 bits per heavy atom. The van der Waals surface area contributed by atoms with Gasteiger partial charge in [0.25, 0.3) is 0 Å². The largest absolute Gasteiger partial charge is 0.489 e. The Morgan fingerprint density at radius 1 is 1.22 bits per heavy atom. The number of carbonyl (C=O) groups excluding carboxylic acids is 1. The van der Waals surface area contributed by atoms with E-state index in [-0.39, 0.29) is 5.91 Å². The van der Waals surface area contributed by atoms with Gasteiger partial charge >= 0.3 is 0 Å². The van der Waals surface area contributed by atoms with Gasteiger partial charge in [-0.15, -0.1) is 0 Å². The summed E-state index contributed by atoms with van der Waals surface area (Å²) in [4.78, 5) is 14.7. The van der Waals surface area contributed by atoms with Crippen molar-refractivity contribution in [3.63, 3.8) is 0 Å². The molecule has 2 aliphatic rings. The van der Waals surface area contributed by atoms with Crippen LogP contribution in [0.2, 0.25) is 0 Å². The summed E-state index contributed by atoms with van der Waals surface area (Å²) in [6, 6.07) is 8.87. The van der Waals surface area contributed by atoms with E-state index < -0.39 is 0 Å². The van der Waals surface area contributed by atoms with Gasteiger partial charge in [-0.05, 0) is 50.8 Å². The van der Waals surface area contributed by atoms with Crippen LogP contribution >= 0.6 is 0 Å². The van der Waals surface area contributed by atoms with Crippen molar-refractivity contribution in [1.82, 2.24) is 15.4 Å². The average molecular weight is 369 g/mol. The number of aryl methyl sites for hydroxylation is 2. The third kappa shape index (κ3) is 4.16. The van der Waals surface area contributed by atoms with E-state index in [1.54, 1.807) is 0 Å². The molecular formula is C21H27N3O3. The lowest BCUT2D eigenvalue weighted by atomic mass is 10.1. The summed E-state index contributed by atoms with van der Waals surface area (Å²) < 4.78 is 11.0. The highest BCUT2D eigenvalue weighted by molar-refractivity contribution is 5.79. The Kier molecular flexibility index (Phi) is 5.16. The molecule has 6 nitrogen and oxygen atoms in total. The molecule has 144 valence electrons. The number of carbonyl (C=O) groups is 1. The van der Waals surface area contributed by atoms with Crippen LogP contribution < -0.4 is 10.1 Å². The molecule has 1 amide bonds. The van der Waals surface area contributed by atoms with Crippen molar-refractivity contribution in [1.29, 1.82) is 0 Å². The van der Waals surface area contributed by atoms with Gasteiger partial charge in [-0.3, -0.25) is 4.79 Å². The molecule has 2 aliphatic heterocycles. The van der Waals surface area contributed by atoms with E-state index in [1.165, 1.54) is 12.8 Å². The smallest absolute Gasteiger partial charge is 0.227 e. The first-order valence-corrected chi connectivity index (χ1v) is 9.76. The topological polar surface area (TPSA) is 67.6 Å². The Balaban J connectivity index is 1.31. The van der Waals surface area contributed by atoms with Crippen molar-refractivity contribution >= 4 is 5.91 Å². The number of hydrogen-bond donors (Lipinski definition) is 1. The average Bonchev–Trinajstić information content (AvgIpc) is 3.15. The molecule has 27 heavy (non-hydrogen) atoms. The summed E-state index contributed by atoms with van der Waals surface area (Å²) in [5.41, 5.74) is 2.86. The molecule has 1 N–H and O–H groups in total. The predicted molar refractivity (Wildman–Crippen MR) is 102 cm³/mol. The van der Waals surface area contributed by atoms with Crippen molar-refractivity contribution in [3.8, 4) is 5.75 Å². The van der Waals surface area contributed by atoms with E-state index >= 15 is 0 Å². The summed E-state index contributed by atoms with van der Waals surface area (Å²) >= 11 is 0. The summed E-state index contributed by atoms with van der Waals surface area (Å²) in [6.07, 6.45) is 3.95. The molecule has 2 unspecified atom stereocenters. The molecule has 2 fully saturated rings. The zero-order chi connectivity index (χ0) is 18.8. The van der Waals surface area contributed by atoms with Crippen LogP contribution in [0.4, 0.5) is 0 Å². The minimum Gasteiger partial charge on any atom is -0.489 e. The van der Waals surface area contributed by atoms with Gasteiger partial charge in [-0.25, -0.2) is 0 Å². The van der Waals surface area contributed by atoms with Gasteiger partial charge in [0.2, 0.25) is 5.91 Å². The monoisotopic (exact) mass is 369 g/mol. The minimum absolute atomic E-state index is 0.216. The van der Waals surface area contributed by atoms with Gasteiger partial charge in [0.15, 0.2) is 0 Å². The van der Waals surface area contributed by atoms with Gasteiger partial charge in [-0.2, -0.15) is 0 Å². The molecule has 0 aliphatic carbocycles. The minimum atomic E-state index is 0.216. The van der Waals surface area contributed by atoms with E-state index in [1.807, 2.05) is 43.0 Å². The normalized spacial score (nSPS) is 21.9. The van der Waals surface area contributed by atoms with Crippen molar-refractivity contribution in [2.24, 2.45) is 0 Å². The highest BCUT2D eigenvalue weighted by atomic mass is 16.5. The van der Waals surface area contributed by atoms with Gasteiger partial charge < -0.3 is 19.5 Å². The summed E-state index contributed by atoms with van der Waals surface area (Å²) in [7, 11) is 0. The molecule has 0 spiro atoms. The number of aromatic nitrogens is 1. The maximum Gasteiger partial charge on any atom is 0.227 e. The third-order valence-corrected chi connectivity index (χ3v) is 5.72. The number of amides is 1. The molecule has 4 rings (SSSR count). The quantitative estimate of drug-likeness (QED) is 0.878. The molecule has 2 atom stereocenters. The molecule has 1 aromatic heterocycles. The highest BCUT2D eigenvalue weighted by Gasteiger charge is 2.30. The van der Waals surface area contributed by atoms with Crippen molar-refractivity contribution < 1.29 is 14.1 Å². The number of fused-ring (bicyclic) bond motifs is 2. The number of hydrogen-bond acceptors (Lipinski definition) is 5. The summed E-state index contributed by atoms with van der Waals surface area (Å²) in [5, 5.41) is 7.56. The first kappa shape index (κ1) is 18.0. The lowest BCUT2D eigenvalue weighted by molar-refractivity contribution is -0.130.